The van der Waals surface area contributed by atoms with E-state index in [-0.39, 0.29) is 115 Å². The van der Waals surface area contributed by atoms with Crippen molar-refractivity contribution in [2.45, 2.75) is 227 Å². The average molecular weight is 1080 g/mol. The molecule has 14 atom stereocenters. The van der Waals surface area contributed by atoms with Gasteiger partial charge in [0.2, 0.25) is 0 Å². The quantitative estimate of drug-likeness (QED) is 0.0577. The minimum atomic E-state index is -1.24. The van der Waals surface area contributed by atoms with E-state index in [1.807, 2.05) is 27.7 Å². The minimum Gasteiger partial charge on any atom is -0.465 e. The van der Waals surface area contributed by atoms with Gasteiger partial charge in [0.15, 0.2) is 0 Å². The standard InChI is InChI=1S/C10H18O4.2C7H14O3.2C7H12O.C6H11FO2.C6H14O2.7CH4/c1-4-5-10(6-13-8(2)11)7-14-9(3)12;1-5-2-6(9)7(3-8)10-4-5;1-5-2-6(9)7(10,3-5)4-8;2*1-6-2-3-7(4-6)5-8;1-3-2-4(8)6(9)5(3)7;1-2-6(5-8)3-4-7;;;;;;;/h10H,4-7H2,1-3H3;5-9H,2-4H2,1H3;5-6,8-10H,2-4H2,1H3;3,6,8H,2,4-5H2,1H3;2-3,6-8H,4-5H2,1H3;3-6,8-9H,2H2,1H3;6-8H,2-5H2,1H3;7*1H4/t;5-,6-,7+;5-,6-,7-;6-;6-,7+;3-,4+,5-,6-;;;;;;;;/m.00001......../s1. The summed E-state index contributed by atoms with van der Waals surface area (Å²) in [6.07, 6.45) is 10.8. The number of carbonyl (C=O) groups is 2. The number of rotatable bonds is 14. The van der Waals surface area contributed by atoms with Crippen molar-refractivity contribution in [3.05, 3.63) is 23.8 Å². The van der Waals surface area contributed by atoms with Crippen LogP contribution in [0.15, 0.2) is 23.8 Å². The number of allylic oxidation sites excluding steroid dienone is 2. The lowest BCUT2D eigenvalue weighted by atomic mass is 9.98. The number of ether oxygens (including phenoxy) is 3. The predicted octanol–water partition coefficient (Wildman–Crippen LogP) is 8.25. The predicted molar refractivity (Wildman–Crippen MR) is 302 cm³/mol. The summed E-state index contributed by atoms with van der Waals surface area (Å²) in [5, 5.41) is 97.1. The lowest BCUT2D eigenvalue weighted by Crippen LogP contribution is -2.40. The van der Waals surface area contributed by atoms with Gasteiger partial charge in [-0.25, -0.2) is 4.39 Å². The molecule has 1 saturated heterocycles. The molecule has 74 heavy (non-hydrogen) atoms. The Kier molecular flexibility index (Phi) is 65.3. The van der Waals surface area contributed by atoms with Gasteiger partial charge in [-0.15, -0.1) is 0 Å². The van der Waals surface area contributed by atoms with Gasteiger partial charge >= 0.3 is 11.9 Å². The molecular formula is C57H123FO16. The zero-order valence-corrected chi connectivity index (χ0v) is 42.3. The van der Waals surface area contributed by atoms with E-state index in [0.717, 1.165) is 57.3 Å². The molecule has 1 heterocycles. The molecule has 0 aromatic rings. The van der Waals surface area contributed by atoms with Gasteiger partial charge in [-0.1, -0.05) is 132 Å². The molecular weight excluding hydrogens is 960 g/mol. The highest BCUT2D eigenvalue weighted by Gasteiger charge is 2.43. The highest BCUT2D eigenvalue weighted by atomic mass is 19.1. The average Bonchev–Trinajstić information content (AvgIpc) is 4.04. The largest absolute Gasteiger partial charge is 0.465 e. The van der Waals surface area contributed by atoms with Crippen molar-refractivity contribution in [3.8, 4) is 0 Å². The number of halogens is 1. The summed E-state index contributed by atoms with van der Waals surface area (Å²) in [6.45, 7) is 18.7. The zero-order chi connectivity index (χ0) is 51.7. The van der Waals surface area contributed by atoms with Crippen molar-refractivity contribution in [1.82, 2.24) is 0 Å². The monoisotopic (exact) mass is 1080 g/mol. The van der Waals surface area contributed by atoms with Crippen LogP contribution in [-0.4, -0.2) is 170 Å². The van der Waals surface area contributed by atoms with Crippen LogP contribution in [0, 0.1) is 47.3 Å². The summed E-state index contributed by atoms with van der Waals surface area (Å²) in [4.78, 5) is 21.1. The van der Waals surface area contributed by atoms with Crippen molar-refractivity contribution in [2.24, 2.45) is 47.3 Å². The van der Waals surface area contributed by atoms with Gasteiger partial charge in [0, 0.05) is 52.1 Å². The summed E-state index contributed by atoms with van der Waals surface area (Å²) in [7, 11) is 0. The van der Waals surface area contributed by atoms with Crippen LogP contribution < -0.4 is 0 Å². The summed E-state index contributed by atoms with van der Waals surface area (Å²) in [6, 6.07) is 0. The minimum absolute atomic E-state index is 0. The van der Waals surface area contributed by atoms with Crippen LogP contribution in [-0.2, 0) is 23.8 Å². The van der Waals surface area contributed by atoms with E-state index < -0.39 is 36.2 Å². The molecule has 17 heteroatoms. The van der Waals surface area contributed by atoms with Gasteiger partial charge in [0.25, 0.3) is 0 Å². The molecule has 1 unspecified atom stereocenters. The van der Waals surface area contributed by atoms with Crippen LogP contribution in [0.5, 0.6) is 0 Å². The molecule has 3 fully saturated rings. The highest BCUT2D eigenvalue weighted by molar-refractivity contribution is 5.66. The van der Waals surface area contributed by atoms with Gasteiger partial charge in [0.05, 0.1) is 51.3 Å². The van der Waals surface area contributed by atoms with Crippen molar-refractivity contribution in [2.75, 3.05) is 59.5 Å². The molecule has 454 valence electrons. The molecule has 5 aliphatic rings. The number of carbonyl (C=O) groups excluding carboxylic acids is 2. The first-order valence-corrected chi connectivity index (χ1v) is 24.5. The van der Waals surface area contributed by atoms with Crippen LogP contribution in [0.25, 0.3) is 0 Å². The Balaban J connectivity index is -0.0000000944. The maximum Gasteiger partial charge on any atom is 0.302 e. The molecule has 4 aliphatic carbocycles. The number of hydrogen-bond donors (Lipinski definition) is 11. The Bertz CT molecular complexity index is 1280. The molecule has 0 spiro atoms. The fourth-order valence-corrected chi connectivity index (χ4v) is 7.93. The Morgan fingerprint density at radius 1 is 0.730 bits per heavy atom. The number of hydrogen-bond acceptors (Lipinski definition) is 16. The Hall–Kier alpha value is -2.13. The summed E-state index contributed by atoms with van der Waals surface area (Å²) >= 11 is 0. The molecule has 1 aliphatic heterocycles. The topological polar surface area (TPSA) is 284 Å². The number of esters is 2. The van der Waals surface area contributed by atoms with Gasteiger partial charge in [0.1, 0.15) is 24.0 Å². The van der Waals surface area contributed by atoms with E-state index in [0.29, 0.717) is 75.3 Å². The van der Waals surface area contributed by atoms with E-state index in [4.69, 9.17) is 55.1 Å². The van der Waals surface area contributed by atoms with Crippen LogP contribution in [0.1, 0.15) is 185 Å². The summed E-state index contributed by atoms with van der Waals surface area (Å²) in [5.41, 5.74) is -0.00289. The maximum atomic E-state index is 12.6. The fourth-order valence-electron chi connectivity index (χ4n) is 7.93. The Morgan fingerprint density at radius 2 is 1.28 bits per heavy atom. The van der Waals surface area contributed by atoms with Gasteiger partial charge in [-0.05, 0) is 98.9 Å². The van der Waals surface area contributed by atoms with Gasteiger partial charge in [-0.3, -0.25) is 9.59 Å². The van der Waals surface area contributed by atoms with Gasteiger partial charge in [-0.2, -0.15) is 0 Å². The summed E-state index contributed by atoms with van der Waals surface area (Å²) in [5.74, 6) is 2.27. The Labute approximate surface area is 452 Å². The molecule has 5 rings (SSSR count). The first-order chi connectivity index (χ1) is 31.5. The third-order valence-corrected chi connectivity index (χ3v) is 12.3. The fraction of sp³-hybridized carbons (Fsp3) is 0.895. The van der Waals surface area contributed by atoms with E-state index in [1.165, 1.54) is 19.4 Å². The second kappa shape index (κ2) is 52.9. The van der Waals surface area contributed by atoms with Gasteiger partial charge < -0.3 is 70.4 Å². The lowest BCUT2D eigenvalue weighted by molar-refractivity contribution is -0.146. The molecule has 0 radical (unpaired) electrons. The van der Waals surface area contributed by atoms with Crippen LogP contribution in [0.3, 0.4) is 0 Å². The van der Waals surface area contributed by atoms with E-state index >= 15 is 0 Å². The smallest absolute Gasteiger partial charge is 0.302 e. The summed E-state index contributed by atoms with van der Waals surface area (Å²) < 4.78 is 27.4. The van der Waals surface area contributed by atoms with E-state index in [2.05, 4.69) is 32.1 Å². The van der Waals surface area contributed by atoms with E-state index in [1.54, 1.807) is 6.92 Å². The van der Waals surface area contributed by atoms with Crippen molar-refractivity contribution < 1.29 is 84.4 Å². The normalized spacial score (nSPS) is 28.8. The molecule has 0 aromatic carbocycles. The second-order valence-electron chi connectivity index (χ2n) is 19.3. The molecule has 0 amide bonds. The van der Waals surface area contributed by atoms with Crippen molar-refractivity contribution >= 4 is 11.9 Å². The molecule has 0 bridgehead atoms. The first-order valence-electron chi connectivity index (χ1n) is 24.5. The molecule has 16 nitrogen and oxygen atoms in total. The van der Waals surface area contributed by atoms with Crippen molar-refractivity contribution in [3.63, 3.8) is 0 Å². The third kappa shape index (κ3) is 42.0. The lowest BCUT2D eigenvalue weighted by Gasteiger charge is -2.30. The number of aliphatic hydroxyl groups excluding tert-OH is 10. The van der Waals surface area contributed by atoms with Crippen LogP contribution >= 0.6 is 0 Å². The molecule has 11 N–H and O–H groups in total. The van der Waals surface area contributed by atoms with Crippen LogP contribution in [0.4, 0.5) is 4.39 Å². The maximum absolute atomic E-state index is 12.6. The highest BCUT2D eigenvalue weighted by Crippen LogP contribution is 2.34. The first kappa shape index (κ1) is 91.3. The SMILES string of the molecule is C.C.C.C.C.C.C.CCC(CO)CCO.CCCC(COC(C)=O)COC(C)=O.C[C@@H]1CO[C@H](CO)[C@@H](O)C1.C[C@@H]1C[C@H](O)[C@@H](O)[C@@H]1F.C[C@H]1C=C[C@@H](CO)C1.C[C@H]1CC=C(CO)C1.C[C@H]1C[C@H](O)[C@@](O)(CO)C1. The van der Waals surface area contributed by atoms with E-state index in [9.17, 15) is 29.3 Å². The Morgan fingerprint density at radius 3 is 1.51 bits per heavy atom. The second-order valence-corrected chi connectivity index (χ2v) is 19.3. The number of aliphatic hydroxyl groups is 11. The zero-order valence-electron chi connectivity index (χ0n) is 42.3. The molecule has 0 aromatic heterocycles. The van der Waals surface area contributed by atoms with Crippen molar-refractivity contribution in [1.29, 1.82) is 0 Å². The molecule has 2 saturated carbocycles. The third-order valence-electron chi connectivity index (χ3n) is 12.3. The van der Waals surface area contributed by atoms with Crippen LogP contribution in [0.2, 0.25) is 0 Å². The number of alkyl halides is 1.